The molecule has 2 unspecified atom stereocenters. The third-order valence-electron chi connectivity index (χ3n) is 5.61. The second-order valence-electron chi connectivity index (χ2n) is 6.77. The predicted octanol–water partition coefficient (Wildman–Crippen LogP) is 3.03. The van der Waals surface area contributed by atoms with E-state index in [-0.39, 0.29) is 24.4 Å². The number of amides is 1. The van der Waals surface area contributed by atoms with E-state index in [9.17, 15) is 4.79 Å². The maximum absolute atomic E-state index is 12.8. The van der Waals surface area contributed by atoms with E-state index in [2.05, 4.69) is 12.2 Å². The van der Waals surface area contributed by atoms with Crippen LogP contribution in [0.4, 0.5) is 0 Å². The molecule has 1 saturated carbocycles. The van der Waals surface area contributed by atoms with Gasteiger partial charge in [-0.2, -0.15) is 0 Å². The Morgan fingerprint density at radius 3 is 2.48 bits per heavy atom. The number of hydrogen-bond donors (Lipinski definition) is 1. The Labute approximate surface area is 145 Å². The standard InChI is InChI=1S/C18H26N2O2.ClH/c1-13(14-4-6-15(22-3)7-5-14)20(2)17(21)16-12-18(16)8-10-19-11-9-18;/h4-7,13,16,19H,8-12H2,1-3H3;1H. The zero-order valence-corrected chi connectivity index (χ0v) is 15.0. The van der Waals surface area contributed by atoms with E-state index in [0.29, 0.717) is 11.3 Å². The fourth-order valence-corrected chi connectivity index (χ4v) is 3.72. The molecular weight excluding hydrogens is 312 g/mol. The van der Waals surface area contributed by atoms with Crippen LogP contribution in [0.25, 0.3) is 0 Å². The minimum absolute atomic E-state index is 0. The van der Waals surface area contributed by atoms with Crippen molar-refractivity contribution in [3.63, 3.8) is 0 Å². The number of nitrogens with one attached hydrogen (secondary N) is 1. The molecule has 1 spiro atoms. The van der Waals surface area contributed by atoms with Crippen LogP contribution in [0.5, 0.6) is 5.75 Å². The molecule has 1 heterocycles. The second-order valence-corrected chi connectivity index (χ2v) is 6.77. The van der Waals surface area contributed by atoms with Gasteiger partial charge in [-0.3, -0.25) is 4.79 Å². The van der Waals surface area contributed by atoms with E-state index in [4.69, 9.17) is 4.74 Å². The van der Waals surface area contributed by atoms with E-state index < -0.39 is 0 Å². The molecule has 0 bridgehead atoms. The number of nitrogens with zero attached hydrogens (tertiary/aromatic N) is 1. The van der Waals surface area contributed by atoms with Crippen molar-refractivity contribution in [2.75, 3.05) is 27.2 Å². The van der Waals surface area contributed by atoms with Crippen LogP contribution in [0.1, 0.15) is 37.8 Å². The lowest BCUT2D eigenvalue weighted by atomic mass is 9.91. The quantitative estimate of drug-likeness (QED) is 0.917. The van der Waals surface area contributed by atoms with Gasteiger partial charge in [-0.15, -0.1) is 12.4 Å². The summed E-state index contributed by atoms with van der Waals surface area (Å²) in [6.45, 7) is 4.21. The van der Waals surface area contributed by atoms with Crippen molar-refractivity contribution in [2.24, 2.45) is 11.3 Å². The van der Waals surface area contributed by atoms with Crippen LogP contribution in [0.15, 0.2) is 24.3 Å². The molecule has 1 amide bonds. The van der Waals surface area contributed by atoms with Crippen molar-refractivity contribution in [1.82, 2.24) is 10.2 Å². The summed E-state index contributed by atoms with van der Waals surface area (Å²) in [7, 11) is 3.60. The summed E-state index contributed by atoms with van der Waals surface area (Å²) in [4.78, 5) is 14.7. The van der Waals surface area contributed by atoms with Crippen LogP contribution in [-0.4, -0.2) is 38.1 Å². The second kappa shape index (κ2) is 7.10. The van der Waals surface area contributed by atoms with Gasteiger partial charge in [0.15, 0.2) is 0 Å². The van der Waals surface area contributed by atoms with Crippen molar-refractivity contribution in [2.45, 2.75) is 32.2 Å². The van der Waals surface area contributed by atoms with Crippen LogP contribution >= 0.6 is 12.4 Å². The summed E-state index contributed by atoms with van der Waals surface area (Å²) < 4.78 is 5.19. The van der Waals surface area contributed by atoms with Crippen molar-refractivity contribution >= 4 is 18.3 Å². The number of carbonyl (C=O) groups excluding carboxylic acids is 1. The number of halogens is 1. The largest absolute Gasteiger partial charge is 0.497 e. The number of carbonyl (C=O) groups is 1. The first-order chi connectivity index (χ1) is 10.6. The topological polar surface area (TPSA) is 41.6 Å². The molecule has 4 nitrogen and oxygen atoms in total. The highest BCUT2D eigenvalue weighted by Gasteiger charge is 2.58. The van der Waals surface area contributed by atoms with Crippen molar-refractivity contribution in [3.8, 4) is 5.75 Å². The first-order valence-corrected chi connectivity index (χ1v) is 8.19. The van der Waals surface area contributed by atoms with E-state index in [1.165, 1.54) is 0 Å². The molecule has 1 aromatic carbocycles. The molecule has 0 aromatic heterocycles. The molecule has 23 heavy (non-hydrogen) atoms. The van der Waals surface area contributed by atoms with Gasteiger partial charge in [0.25, 0.3) is 0 Å². The fourth-order valence-electron chi connectivity index (χ4n) is 3.72. The monoisotopic (exact) mass is 338 g/mol. The molecule has 1 aromatic rings. The van der Waals surface area contributed by atoms with Gasteiger partial charge in [0.2, 0.25) is 5.91 Å². The van der Waals surface area contributed by atoms with Gasteiger partial charge in [-0.05, 0) is 62.4 Å². The van der Waals surface area contributed by atoms with Gasteiger partial charge in [0, 0.05) is 13.0 Å². The summed E-state index contributed by atoms with van der Waals surface area (Å²) in [5.41, 5.74) is 1.45. The maximum atomic E-state index is 12.8. The minimum Gasteiger partial charge on any atom is -0.497 e. The Morgan fingerprint density at radius 1 is 1.30 bits per heavy atom. The molecule has 5 heteroatoms. The molecule has 0 radical (unpaired) electrons. The first kappa shape index (κ1) is 18.1. The number of rotatable bonds is 4. The van der Waals surface area contributed by atoms with Crippen LogP contribution in [0.3, 0.4) is 0 Å². The highest BCUT2D eigenvalue weighted by atomic mass is 35.5. The number of benzene rings is 1. The molecule has 1 saturated heterocycles. The van der Waals surface area contributed by atoms with E-state index >= 15 is 0 Å². The lowest BCUT2D eigenvalue weighted by Gasteiger charge is -2.28. The zero-order chi connectivity index (χ0) is 15.7. The molecule has 2 fully saturated rings. The van der Waals surface area contributed by atoms with Gasteiger partial charge in [-0.1, -0.05) is 12.1 Å². The zero-order valence-electron chi connectivity index (χ0n) is 14.2. The maximum Gasteiger partial charge on any atom is 0.226 e. The molecular formula is C18H27ClN2O2. The summed E-state index contributed by atoms with van der Waals surface area (Å²) in [5, 5.41) is 3.39. The van der Waals surface area contributed by atoms with Gasteiger partial charge < -0.3 is 15.0 Å². The van der Waals surface area contributed by atoms with Crippen molar-refractivity contribution < 1.29 is 9.53 Å². The molecule has 1 N–H and O–H groups in total. The molecule has 128 valence electrons. The molecule has 1 aliphatic carbocycles. The highest BCUT2D eigenvalue weighted by molar-refractivity contribution is 5.85. The predicted molar refractivity (Wildman–Crippen MR) is 94.1 cm³/mol. The van der Waals surface area contributed by atoms with Crippen LogP contribution < -0.4 is 10.1 Å². The number of piperidine rings is 1. The Bertz CT molecular complexity index is 540. The van der Waals surface area contributed by atoms with Gasteiger partial charge in [0.05, 0.1) is 13.2 Å². The lowest BCUT2D eigenvalue weighted by molar-refractivity contribution is -0.134. The summed E-state index contributed by atoms with van der Waals surface area (Å²) in [5.74, 6) is 1.39. The van der Waals surface area contributed by atoms with Crippen LogP contribution in [0.2, 0.25) is 0 Å². The molecule has 2 atom stereocenters. The van der Waals surface area contributed by atoms with Gasteiger partial charge in [-0.25, -0.2) is 0 Å². The highest BCUT2D eigenvalue weighted by Crippen LogP contribution is 2.59. The number of methoxy groups -OCH3 is 1. The third-order valence-corrected chi connectivity index (χ3v) is 5.61. The minimum atomic E-state index is 0. The van der Waals surface area contributed by atoms with E-state index in [1.54, 1.807) is 7.11 Å². The molecule has 3 rings (SSSR count). The lowest BCUT2D eigenvalue weighted by Crippen LogP contribution is -2.35. The normalized spacial score (nSPS) is 22.8. The Balaban J connectivity index is 0.00000192. The van der Waals surface area contributed by atoms with E-state index in [0.717, 1.165) is 43.7 Å². The van der Waals surface area contributed by atoms with Crippen LogP contribution in [-0.2, 0) is 4.79 Å². The van der Waals surface area contributed by atoms with E-state index in [1.807, 2.05) is 36.2 Å². The average Bonchev–Trinajstić information content (AvgIpc) is 3.26. The number of ether oxygens (including phenoxy) is 1. The van der Waals surface area contributed by atoms with Crippen LogP contribution in [0, 0.1) is 11.3 Å². The smallest absolute Gasteiger partial charge is 0.226 e. The van der Waals surface area contributed by atoms with Crippen molar-refractivity contribution in [3.05, 3.63) is 29.8 Å². The molecule has 2 aliphatic rings. The average molecular weight is 339 g/mol. The van der Waals surface area contributed by atoms with Crippen molar-refractivity contribution in [1.29, 1.82) is 0 Å². The fraction of sp³-hybridized carbons (Fsp3) is 0.611. The Hall–Kier alpha value is -1.26. The Kier molecular flexibility index (Phi) is 5.58. The number of hydrogen-bond acceptors (Lipinski definition) is 3. The van der Waals surface area contributed by atoms with Gasteiger partial charge in [0.1, 0.15) is 5.75 Å². The summed E-state index contributed by atoms with van der Waals surface area (Å²) in [6, 6.07) is 8.09. The third kappa shape index (κ3) is 3.48. The Morgan fingerprint density at radius 2 is 1.91 bits per heavy atom. The van der Waals surface area contributed by atoms with Gasteiger partial charge >= 0.3 is 0 Å². The first-order valence-electron chi connectivity index (χ1n) is 8.19. The summed E-state index contributed by atoms with van der Waals surface area (Å²) >= 11 is 0. The SMILES string of the molecule is COc1ccc(C(C)N(C)C(=O)C2CC23CCNCC3)cc1.Cl. The molecule has 1 aliphatic heterocycles. The summed E-state index contributed by atoms with van der Waals surface area (Å²) in [6.07, 6.45) is 3.37.